The molecular weight excluding hydrogens is 398 g/mol. The molecule has 7 heteroatoms. The number of carbonyl (C=O) groups is 1. The Bertz CT molecular complexity index is 833. The molecule has 0 amide bonds. The fourth-order valence-electron chi connectivity index (χ4n) is 2.35. The quantitative estimate of drug-likeness (QED) is 0.245. The molecule has 0 spiro atoms. The maximum Gasteiger partial charge on any atom is 0.173 e. The highest BCUT2D eigenvalue weighted by atomic mass is 79.9. The summed E-state index contributed by atoms with van der Waals surface area (Å²) in [5, 5.41) is 20.9. The van der Waals surface area contributed by atoms with E-state index in [1.807, 2.05) is 13.8 Å². The van der Waals surface area contributed by atoms with Crippen LogP contribution in [0.15, 0.2) is 46.0 Å². The van der Waals surface area contributed by atoms with Gasteiger partial charge in [-0.3, -0.25) is 10.2 Å². The second-order valence-corrected chi connectivity index (χ2v) is 7.03. The van der Waals surface area contributed by atoms with Crippen molar-refractivity contribution in [1.82, 2.24) is 0 Å². The number of carbonyl (C=O) groups excluding carboxylic acids is 1. The van der Waals surface area contributed by atoms with Crippen molar-refractivity contribution in [2.45, 2.75) is 26.9 Å². The molecule has 26 heavy (non-hydrogen) atoms. The molecule has 2 aromatic rings. The van der Waals surface area contributed by atoms with E-state index in [0.717, 1.165) is 5.56 Å². The summed E-state index contributed by atoms with van der Waals surface area (Å²) in [7, 11) is 0. The highest BCUT2D eigenvalue weighted by Crippen LogP contribution is 2.37. The van der Waals surface area contributed by atoms with E-state index < -0.39 is 0 Å². The molecule has 0 aliphatic rings. The third kappa shape index (κ3) is 4.76. The zero-order valence-electron chi connectivity index (χ0n) is 14.5. The minimum atomic E-state index is -0.117. The van der Waals surface area contributed by atoms with E-state index in [1.165, 1.54) is 0 Å². The summed E-state index contributed by atoms with van der Waals surface area (Å²) in [4.78, 5) is 12.2. The van der Waals surface area contributed by atoms with Crippen molar-refractivity contribution in [3.8, 4) is 11.5 Å². The largest absolute Gasteiger partial charge is 0.506 e. The van der Waals surface area contributed by atoms with E-state index in [0.29, 0.717) is 22.2 Å². The first-order valence-corrected chi connectivity index (χ1v) is 8.85. The van der Waals surface area contributed by atoms with Crippen LogP contribution in [-0.4, -0.2) is 16.7 Å². The number of halogens is 1. The lowest BCUT2D eigenvalue weighted by Crippen LogP contribution is -2.05. The van der Waals surface area contributed by atoms with Gasteiger partial charge in [0, 0.05) is 12.0 Å². The van der Waals surface area contributed by atoms with E-state index in [4.69, 9.17) is 15.7 Å². The normalized spacial score (nSPS) is 10.6. The van der Waals surface area contributed by atoms with Crippen molar-refractivity contribution in [3.63, 3.8) is 0 Å². The number of rotatable bonds is 7. The van der Waals surface area contributed by atoms with Gasteiger partial charge in [-0.05, 0) is 39.5 Å². The predicted octanol–water partition coefficient (Wildman–Crippen LogP) is 5.32. The van der Waals surface area contributed by atoms with Gasteiger partial charge >= 0.3 is 0 Å². The number of hydrogen-bond donors (Lipinski definition) is 3. The number of phenols is 1. The maximum absolute atomic E-state index is 12.2. The Morgan fingerprint density at radius 2 is 1.88 bits per heavy atom. The van der Waals surface area contributed by atoms with Crippen LogP contribution in [0.5, 0.6) is 11.5 Å². The van der Waals surface area contributed by atoms with Crippen molar-refractivity contribution in [2.75, 3.05) is 0 Å². The number of nitrogens with one attached hydrogen (secondary N) is 2. The van der Waals surface area contributed by atoms with E-state index in [1.54, 1.807) is 36.4 Å². The number of Topliss-reactive ketones (excluding diaryl/α,β-unsaturated/α-hetero) is 1. The fourth-order valence-corrected chi connectivity index (χ4v) is 2.81. The molecule has 0 saturated heterocycles. The monoisotopic (exact) mass is 417 g/mol. The molecule has 0 bridgehead atoms. The van der Waals surface area contributed by atoms with Gasteiger partial charge in [-0.25, -0.2) is 5.53 Å². The van der Waals surface area contributed by atoms with Crippen LogP contribution >= 0.6 is 15.9 Å². The van der Waals surface area contributed by atoms with E-state index in [2.05, 4.69) is 21.0 Å². The van der Waals surface area contributed by atoms with Crippen LogP contribution in [0.25, 0.3) is 0 Å². The zero-order valence-corrected chi connectivity index (χ0v) is 16.1. The first kappa shape index (κ1) is 19.8. The number of nitrogens with zero attached hydrogens (tertiary/aromatic N) is 1. The average molecular weight is 418 g/mol. The summed E-state index contributed by atoms with van der Waals surface area (Å²) in [5.74, 6) is 0.314. The van der Waals surface area contributed by atoms with E-state index >= 15 is 0 Å². The lowest BCUT2D eigenvalue weighted by Gasteiger charge is -2.13. The van der Waals surface area contributed by atoms with Crippen molar-refractivity contribution < 1.29 is 14.6 Å². The minimum absolute atomic E-state index is 0.105. The molecule has 0 saturated carbocycles. The SMILES string of the molecule is CC(C)CC(=O)c1ccc(OCc2ccc(C(=N)N=N)cc2)c(Br)c1O. The third-order valence-corrected chi connectivity index (χ3v) is 4.47. The molecule has 6 nitrogen and oxygen atoms in total. The summed E-state index contributed by atoms with van der Waals surface area (Å²) in [5.41, 5.74) is 8.53. The summed E-state index contributed by atoms with van der Waals surface area (Å²) < 4.78 is 6.06. The van der Waals surface area contributed by atoms with Crippen LogP contribution in [0.3, 0.4) is 0 Å². The van der Waals surface area contributed by atoms with Crippen LogP contribution in [0, 0.1) is 16.9 Å². The maximum atomic E-state index is 12.2. The summed E-state index contributed by atoms with van der Waals surface area (Å²) in [6, 6.07) is 10.2. The first-order chi connectivity index (χ1) is 12.3. The average Bonchev–Trinajstić information content (AvgIpc) is 2.62. The Hall–Kier alpha value is -2.54. The number of amidine groups is 1. The van der Waals surface area contributed by atoms with Crippen LogP contribution < -0.4 is 4.74 Å². The molecule has 0 aliphatic heterocycles. The Balaban J connectivity index is 2.10. The second kappa shape index (κ2) is 8.71. The number of ether oxygens (including phenoxy) is 1. The second-order valence-electron chi connectivity index (χ2n) is 6.24. The van der Waals surface area contributed by atoms with Gasteiger partial charge < -0.3 is 9.84 Å². The molecule has 0 fully saturated rings. The molecule has 0 atom stereocenters. The standard InChI is InChI=1S/C19H20BrN3O3/c1-11(2)9-15(24)14-7-8-16(17(20)18(14)25)26-10-12-3-5-13(6-4-12)19(21)23-22/h3-8,11,21-22,25H,9-10H2,1-2H3. The number of benzene rings is 2. The smallest absolute Gasteiger partial charge is 0.173 e. The fraction of sp³-hybridized carbons (Fsp3) is 0.263. The summed E-state index contributed by atoms with van der Waals surface area (Å²) >= 11 is 3.29. The lowest BCUT2D eigenvalue weighted by molar-refractivity contribution is 0.0965. The Morgan fingerprint density at radius 3 is 2.46 bits per heavy atom. The van der Waals surface area contributed by atoms with Gasteiger partial charge in [0.25, 0.3) is 0 Å². The Labute approximate surface area is 160 Å². The molecule has 136 valence electrons. The highest BCUT2D eigenvalue weighted by Gasteiger charge is 2.18. The zero-order chi connectivity index (χ0) is 19.3. The van der Waals surface area contributed by atoms with E-state index in [9.17, 15) is 9.90 Å². The number of ketones is 1. The Kier molecular flexibility index (Phi) is 6.63. The van der Waals surface area contributed by atoms with Gasteiger partial charge in [-0.15, -0.1) is 5.11 Å². The van der Waals surface area contributed by atoms with Gasteiger partial charge in [0.2, 0.25) is 0 Å². The van der Waals surface area contributed by atoms with Gasteiger partial charge in [0.1, 0.15) is 22.6 Å². The molecule has 0 heterocycles. The molecule has 0 aliphatic carbocycles. The molecule has 2 aromatic carbocycles. The van der Waals surface area contributed by atoms with Crippen molar-refractivity contribution in [1.29, 1.82) is 10.9 Å². The number of hydrogen-bond acceptors (Lipinski definition) is 5. The summed E-state index contributed by atoms with van der Waals surface area (Å²) in [6.07, 6.45) is 0.367. The molecule has 0 aromatic heterocycles. The predicted molar refractivity (Wildman–Crippen MR) is 102 cm³/mol. The minimum Gasteiger partial charge on any atom is -0.506 e. The highest BCUT2D eigenvalue weighted by molar-refractivity contribution is 9.10. The van der Waals surface area contributed by atoms with Crippen molar-refractivity contribution in [2.24, 2.45) is 11.0 Å². The molecule has 0 unspecified atom stereocenters. The van der Waals surface area contributed by atoms with Crippen LogP contribution in [0.2, 0.25) is 0 Å². The lowest BCUT2D eigenvalue weighted by atomic mass is 10.0. The first-order valence-electron chi connectivity index (χ1n) is 8.06. The topological polar surface area (TPSA) is 107 Å². The molecule has 0 radical (unpaired) electrons. The van der Waals surface area contributed by atoms with Crippen LogP contribution in [0.4, 0.5) is 0 Å². The van der Waals surface area contributed by atoms with Crippen LogP contribution in [0.1, 0.15) is 41.8 Å². The number of aromatic hydroxyl groups is 1. The molecular formula is C19H20BrN3O3. The summed E-state index contributed by atoms with van der Waals surface area (Å²) in [6.45, 7) is 4.15. The van der Waals surface area contributed by atoms with E-state index in [-0.39, 0.29) is 35.5 Å². The van der Waals surface area contributed by atoms with Gasteiger partial charge in [-0.1, -0.05) is 38.1 Å². The molecule has 2 rings (SSSR count). The molecule has 3 N–H and O–H groups in total. The third-order valence-electron chi connectivity index (χ3n) is 3.71. The number of phenolic OH excluding ortho intramolecular Hbond substituents is 1. The van der Waals surface area contributed by atoms with Crippen molar-refractivity contribution in [3.05, 3.63) is 57.6 Å². The van der Waals surface area contributed by atoms with Gasteiger partial charge in [-0.2, -0.15) is 0 Å². The van der Waals surface area contributed by atoms with Gasteiger partial charge in [0.05, 0.1) is 5.56 Å². The van der Waals surface area contributed by atoms with Gasteiger partial charge in [0.15, 0.2) is 11.6 Å². The van der Waals surface area contributed by atoms with Crippen molar-refractivity contribution >= 4 is 27.5 Å². The Morgan fingerprint density at radius 1 is 1.23 bits per heavy atom. The van der Waals surface area contributed by atoms with Crippen LogP contribution in [-0.2, 0) is 6.61 Å².